The molecule has 0 radical (unpaired) electrons. The molecule has 1 atom stereocenters. The zero-order valence-corrected chi connectivity index (χ0v) is 13.6. The molecule has 1 aliphatic heterocycles. The first-order valence-corrected chi connectivity index (χ1v) is 8.18. The first-order chi connectivity index (χ1) is 10.6. The zero-order valence-electron chi connectivity index (χ0n) is 13.6. The Balaban J connectivity index is 1.95. The number of hydrogen-bond donors (Lipinski definition) is 0. The van der Waals surface area contributed by atoms with Crippen LogP contribution in [-0.2, 0) is 0 Å². The van der Waals surface area contributed by atoms with Crippen LogP contribution in [0.1, 0.15) is 26.0 Å². The summed E-state index contributed by atoms with van der Waals surface area (Å²) in [6, 6.07) is 7.56. The predicted molar refractivity (Wildman–Crippen MR) is 90.0 cm³/mol. The van der Waals surface area contributed by atoms with E-state index < -0.39 is 0 Å². The van der Waals surface area contributed by atoms with Gasteiger partial charge in [0.05, 0.1) is 5.52 Å². The summed E-state index contributed by atoms with van der Waals surface area (Å²) in [7, 11) is 0. The molecule has 0 bridgehead atoms. The molecule has 0 aliphatic carbocycles. The predicted octanol–water partition coefficient (Wildman–Crippen LogP) is 3.60. The fourth-order valence-corrected chi connectivity index (χ4v) is 3.57. The van der Waals surface area contributed by atoms with Crippen molar-refractivity contribution < 1.29 is 4.39 Å². The molecule has 2 aromatic rings. The molecule has 1 saturated heterocycles. The Kier molecular flexibility index (Phi) is 4.30. The van der Waals surface area contributed by atoms with Crippen molar-refractivity contribution in [2.45, 2.75) is 33.2 Å². The second kappa shape index (κ2) is 6.21. The highest BCUT2D eigenvalue weighted by atomic mass is 19.1. The Morgan fingerprint density at radius 1 is 1.27 bits per heavy atom. The summed E-state index contributed by atoms with van der Waals surface area (Å²) in [4.78, 5) is 9.43. The van der Waals surface area contributed by atoms with Crippen LogP contribution in [0, 0.1) is 12.7 Å². The molecule has 0 saturated carbocycles. The number of likely N-dealkylation sites (N-methyl/N-ethyl adjacent to an activating group) is 1. The standard InChI is InChI=1S/C18H24FN3/c1-4-21(5-2)15-8-9-22(12-15)18-10-13(3)20-17-7-6-14(19)11-16(17)18/h6-7,10-11,15H,4-5,8-9,12H2,1-3H3. The highest BCUT2D eigenvalue weighted by Crippen LogP contribution is 2.31. The van der Waals surface area contributed by atoms with E-state index in [4.69, 9.17) is 0 Å². The molecular weight excluding hydrogens is 277 g/mol. The van der Waals surface area contributed by atoms with Gasteiger partial charge in [-0.3, -0.25) is 9.88 Å². The van der Waals surface area contributed by atoms with Gasteiger partial charge in [-0.1, -0.05) is 13.8 Å². The third-order valence-corrected chi connectivity index (χ3v) is 4.71. The van der Waals surface area contributed by atoms with Crippen LogP contribution in [-0.4, -0.2) is 42.1 Å². The Labute approximate surface area is 131 Å². The quantitative estimate of drug-likeness (QED) is 0.860. The molecule has 0 amide bonds. The fourth-order valence-electron chi connectivity index (χ4n) is 3.57. The highest BCUT2D eigenvalue weighted by molar-refractivity contribution is 5.92. The van der Waals surface area contributed by atoms with E-state index in [0.29, 0.717) is 6.04 Å². The molecule has 22 heavy (non-hydrogen) atoms. The third kappa shape index (κ3) is 2.80. The van der Waals surface area contributed by atoms with Gasteiger partial charge in [-0.05, 0) is 50.7 Å². The Bertz CT molecular complexity index is 667. The number of fused-ring (bicyclic) bond motifs is 1. The summed E-state index contributed by atoms with van der Waals surface area (Å²) in [5, 5.41) is 0.922. The van der Waals surface area contributed by atoms with Crippen molar-refractivity contribution in [3.05, 3.63) is 35.8 Å². The maximum atomic E-state index is 13.7. The molecule has 3 rings (SSSR count). The molecule has 2 heterocycles. The van der Waals surface area contributed by atoms with Crippen LogP contribution in [0.5, 0.6) is 0 Å². The Morgan fingerprint density at radius 2 is 2.05 bits per heavy atom. The van der Waals surface area contributed by atoms with Gasteiger partial charge in [-0.15, -0.1) is 0 Å². The lowest BCUT2D eigenvalue weighted by molar-refractivity contribution is 0.232. The average molecular weight is 301 g/mol. The van der Waals surface area contributed by atoms with E-state index in [-0.39, 0.29) is 5.82 Å². The van der Waals surface area contributed by atoms with E-state index >= 15 is 0 Å². The van der Waals surface area contributed by atoms with Gasteiger partial charge in [0.25, 0.3) is 0 Å². The number of aryl methyl sites for hydroxylation is 1. The van der Waals surface area contributed by atoms with E-state index in [1.165, 1.54) is 12.5 Å². The van der Waals surface area contributed by atoms with Crippen molar-refractivity contribution in [3.63, 3.8) is 0 Å². The Morgan fingerprint density at radius 3 is 2.77 bits per heavy atom. The minimum Gasteiger partial charge on any atom is -0.369 e. The molecule has 118 valence electrons. The van der Waals surface area contributed by atoms with Gasteiger partial charge in [-0.2, -0.15) is 0 Å². The summed E-state index contributed by atoms with van der Waals surface area (Å²) in [5.74, 6) is -0.195. The van der Waals surface area contributed by atoms with Crippen LogP contribution in [0.15, 0.2) is 24.3 Å². The van der Waals surface area contributed by atoms with Crippen LogP contribution in [0.4, 0.5) is 10.1 Å². The molecule has 4 heteroatoms. The van der Waals surface area contributed by atoms with Gasteiger partial charge >= 0.3 is 0 Å². The molecule has 0 N–H and O–H groups in total. The Hall–Kier alpha value is -1.68. The first-order valence-electron chi connectivity index (χ1n) is 8.18. The van der Waals surface area contributed by atoms with Crippen molar-refractivity contribution in [2.24, 2.45) is 0 Å². The van der Waals surface area contributed by atoms with Gasteiger partial charge in [0.15, 0.2) is 0 Å². The number of rotatable bonds is 4. The lowest BCUT2D eigenvalue weighted by Crippen LogP contribution is -2.37. The largest absolute Gasteiger partial charge is 0.369 e. The fraction of sp³-hybridized carbons (Fsp3) is 0.500. The minimum atomic E-state index is -0.195. The van der Waals surface area contributed by atoms with Crippen LogP contribution < -0.4 is 4.90 Å². The summed E-state index contributed by atoms with van der Waals surface area (Å²) in [6.45, 7) is 10.6. The van der Waals surface area contributed by atoms with Crippen LogP contribution >= 0.6 is 0 Å². The smallest absolute Gasteiger partial charge is 0.124 e. The molecule has 1 aromatic carbocycles. The number of benzene rings is 1. The molecule has 1 fully saturated rings. The van der Waals surface area contributed by atoms with Gasteiger partial charge in [0.2, 0.25) is 0 Å². The summed E-state index contributed by atoms with van der Waals surface area (Å²) in [5.41, 5.74) is 2.99. The van der Waals surface area contributed by atoms with Crippen molar-refractivity contribution in [2.75, 3.05) is 31.1 Å². The molecule has 1 unspecified atom stereocenters. The van der Waals surface area contributed by atoms with E-state index in [2.05, 4.69) is 34.7 Å². The third-order valence-electron chi connectivity index (χ3n) is 4.71. The maximum absolute atomic E-state index is 13.7. The van der Waals surface area contributed by atoms with E-state index in [0.717, 1.165) is 48.5 Å². The average Bonchev–Trinajstić information content (AvgIpc) is 2.98. The first kappa shape index (κ1) is 15.2. The molecular formula is C18H24FN3. The number of halogens is 1. The minimum absolute atomic E-state index is 0.195. The number of hydrogen-bond acceptors (Lipinski definition) is 3. The van der Waals surface area contributed by atoms with E-state index in [9.17, 15) is 4.39 Å². The molecule has 1 aliphatic rings. The lowest BCUT2D eigenvalue weighted by Gasteiger charge is -2.27. The normalized spacial score (nSPS) is 18.6. The number of nitrogens with zero attached hydrogens (tertiary/aromatic N) is 3. The van der Waals surface area contributed by atoms with Crippen LogP contribution in [0.2, 0.25) is 0 Å². The second-order valence-corrected chi connectivity index (χ2v) is 6.05. The number of anilines is 1. The van der Waals surface area contributed by atoms with Crippen molar-refractivity contribution in [3.8, 4) is 0 Å². The van der Waals surface area contributed by atoms with Gasteiger partial charge in [0, 0.05) is 35.9 Å². The van der Waals surface area contributed by atoms with Gasteiger partial charge in [0.1, 0.15) is 5.82 Å². The van der Waals surface area contributed by atoms with Gasteiger partial charge in [-0.25, -0.2) is 4.39 Å². The topological polar surface area (TPSA) is 19.4 Å². The molecule has 3 nitrogen and oxygen atoms in total. The lowest BCUT2D eigenvalue weighted by atomic mass is 10.1. The molecule has 0 spiro atoms. The van der Waals surface area contributed by atoms with Crippen molar-refractivity contribution >= 4 is 16.6 Å². The number of aromatic nitrogens is 1. The highest BCUT2D eigenvalue weighted by Gasteiger charge is 2.27. The van der Waals surface area contributed by atoms with Crippen molar-refractivity contribution in [1.29, 1.82) is 0 Å². The second-order valence-electron chi connectivity index (χ2n) is 6.05. The van der Waals surface area contributed by atoms with Crippen molar-refractivity contribution in [1.82, 2.24) is 9.88 Å². The van der Waals surface area contributed by atoms with Crippen LogP contribution in [0.25, 0.3) is 10.9 Å². The van der Waals surface area contributed by atoms with Gasteiger partial charge < -0.3 is 4.90 Å². The number of pyridine rings is 1. The van der Waals surface area contributed by atoms with Crippen LogP contribution in [0.3, 0.4) is 0 Å². The zero-order chi connectivity index (χ0) is 15.7. The summed E-state index contributed by atoms with van der Waals surface area (Å²) < 4.78 is 13.7. The monoisotopic (exact) mass is 301 g/mol. The molecule has 1 aromatic heterocycles. The van der Waals surface area contributed by atoms with E-state index in [1.54, 1.807) is 12.1 Å². The van der Waals surface area contributed by atoms with E-state index in [1.807, 2.05) is 6.92 Å². The SMILES string of the molecule is CCN(CC)C1CCN(c2cc(C)nc3ccc(F)cc23)C1. The summed E-state index contributed by atoms with van der Waals surface area (Å²) >= 11 is 0. The summed E-state index contributed by atoms with van der Waals surface area (Å²) in [6.07, 6.45) is 1.17. The maximum Gasteiger partial charge on any atom is 0.124 e.